The van der Waals surface area contributed by atoms with Crippen LogP contribution in [0.5, 0.6) is 5.75 Å². The van der Waals surface area contributed by atoms with Crippen LogP contribution >= 0.6 is 0 Å². The average molecular weight is 263 g/mol. The molecule has 1 aliphatic carbocycles. The summed E-state index contributed by atoms with van der Waals surface area (Å²) in [7, 11) is 0. The van der Waals surface area contributed by atoms with E-state index in [0.29, 0.717) is 17.5 Å². The van der Waals surface area contributed by atoms with E-state index in [-0.39, 0.29) is 17.4 Å². The fraction of sp³-hybridized carbons (Fsp3) is 0.533. The van der Waals surface area contributed by atoms with Gasteiger partial charge < -0.3 is 15.6 Å². The summed E-state index contributed by atoms with van der Waals surface area (Å²) in [5.41, 5.74) is 6.31. The second-order valence-electron chi connectivity index (χ2n) is 5.72. The van der Waals surface area contributed by atoms with Crippen LogP contribution < -0.4 is 5.73 Å². The Morgan fingerprint density at radius 2 is 1.89 bits per heavy atom. The van der Waals surface area contributed by atoms with Gasteiger partial charge in [0.1, 0.15) is 11.9 Å². The van der Waals surface area contributed by atoms with Crippen molar-refractivity contribution in [2.24, 2.45) is 11.8 Å². The Kier molecular flexibility index (Phi) is 3.98. The fourth-order valence-corrected chi connectivity index (χ4v) is 2.91. The lowest BCUT2D eigenvalue weighted by atomic mass is 9.82. The van der Waals surface area contributed by atoms with Crippen molar-refractivity contribution in [3.8, 4) is 5.75 Å². The molecule has 0 amide bonds. The highest BCUT2D eigenvalue weighted by Gasteiger charge is 2.27. The first-order valence-electron chi connectivity index (χ1n) is 6.75. The Balaban J connectivity index is 2.06. The Morgan fingerprint density at radius 1 is 1.26 bits per heavy atom. The van der Waals surface area contributed by atoms with Crippen molar-refractivity contribution < 1.29 is 14.6 Å². The molecular formula is C15H21NO3. The van der Waals surface area contributed by atoms with Crippen LogP contribution in [-0.2, 0) is 4.74 Å². The molecule has 1 aromatic carbocycles. The third-order valence-electron chi connectivity index (χ3n) is 3.67. The molecule has 1 aromatic rings. The summed E-state index contributed by atoms with van der Waals surface area (Å²) >= 11 is 0. The molecular weight excluding hydrogens is 242 g/mol. The van der Waals surface area contributed by atoms with Gasteiger partial charge in [-0.05, 0) is 49.3 Å². The molecule has 3 N–H and O–H groups in total. The largest absolute Gasteiger partial charge is 0.508 e. The van der Waals surface area contributed by atoms with E-state index in [1.165, 1.54) is 24.6 Å². The number of hydrogen-bond donors (Lipinski definition) is 2. The summed E-state index contributed by atoms with van der Waals surface area (Å²) in [6, 6.07) is 4.32. The minimum Gasteiger partial charge on any atom is -0.508 e. The number of benzene rings is 1. The number of phenolic OH excluding ortho intramolecular Hbond substituents is 1. The number of carbonyl (C=O) groups excluding carboxylic acids is 1. The molecule has 1 aliphatic rings. The first kappa shape index (κ1) is 13.7. The maximum atomic E-state index is 12.1. The van der Waals surface area contributed by atoms with E-state index in [2.05, 4.69) is 13.8 Å². The van der Waals surface area contributed by atoms with E-state index in [0.717, 1.165) is 12.8 Å². The molecule has 4 heteroatoms. The lowest BCUT2D eigenvalue weighted by molar-refractivity contribution is 0.00814. The van der Waals surface area contributed by atoms with Crippen molar-refractivity contribution in [2.45, 2.75) is 39.2 Å². The number of nitrogen functional groups attached to an aromatic ring is 1. The van der Waals surface area contributed by atoms with Crippen LogP contribution in [-0.4, -0.2) is 17.2 Å². The monoisotopic (exact) mass is 263 g/mol. The zero-order valence-electron chi connectivity index (χ0n) is 11.4. The van der Waals surface area contributed by atoms with Crippen LogP contribution in [0.4, 0.5) is 5.69 Å². The maximum Gasteiger partial charge on any atom is 0.340 e. The zero-order chi connectivity index (χ0) is 14.0. The van der Waals surface area contributed by atoms with Crippen LogP contribution in [0, 0.1) is 11.8 Å². The molecule has 2 atom stereocenters. The summed E-state index contributed by atoms with van der Waals surface area (Å²) in [5, 5.41) is 9.41. The van der Waals surface area contributed by atoms with E-state index in [1.807, 2.05) is 0 Å². The van der Waals surface area contributed by atoms with E-state index in [1.54, 1.807) is 0 Å². The first-order chi connectivity index (χ1) is 8.95. The van der Waals surface area contributed by atoms with Gasteiger partial charge in [0.25, 0.3) is 0 Å². The minimum atomic E-state index is -0.445. The summed E-state index contributed by atoms with van der Waals surface area (Å²) in [6.07, 6.45) is 2.93. The van der Waals surface area contributed by atoms with Gasteiger partial charge in [-0.2, -0.15) is 0 Å². The number of carbonyl (C=O) groups is 1. The predicted molar refractivity (Wildman–Crippen MR) is 73.9 cm³/mol. The summed E-state index contributed by atoms with van der Waals surface area (Å²) in [6.45, 7) is 4.36. The Hall–Kier alpha value is -1.71. The number of phenols is 1. The second-order valence-corrected chi connectivity index (χ2v) is 5.72. The summed E-state index contributed by atoms with van der Waals surface area (Å²) in [5.74, 6) is 0.720. The lowest BCUT2D eigenvalue weighted by Gasteiger charge is -2.31. The first-order valence-corrected chi connectivity index (χ1v) is 6.75. The van der Waals surface area contributed by atoms with Crippen molar-refractivity contribution in [2.75, 3.05) is 5.73 Å². The van der Waals surface area contributed by atoms with Gasteiger partial charge in [-0.3, -0.25) is 0 Å². The highest BCUT2D eigenvalue weighted by molar-refractivity contribution is 5.95. The van der Waals surface area contributed by atoms with Crippen molar-refractivity contribution in [3.63, 3.8) is 0 Å². The zero-order valence-corrected chi connectivity index (χ0v) is 11.4. The molecule has 1 fully saturated rings. The molecule has 19 heavy (non-hydrogen) atoms. The molecule has 104 valence electrons. The topological polar surface area (TPSA) is 72.5 Å². The van der Waals surface area contributed by atoms with Crippen molar-refractivity contribution in [3.05, 3.63) is 23.8 Å². The van der Waals surface area contributed by atoms with Gasteiger partial charge in [-0.15, -0.1) is 0 Å². The van der Waals surface area contributed by atoms with Gasteiger partial charge in [0.15, 0.2) is 0 Å². The Morgan fingerprint density at radius 3 is 2.53 bits per heavy atom. The summed E-state index contributed by atoms with van der Waals surface area (Å²) in [4.78, 5) is 12.1. The normalized spacial score (nSPS) is 26.9. The number of rotatable bonds is 2. The molecule has 0 heterocycles. The van der Waals surface area contributed by atoms with E-state index >= 15 is 0 Å². The molecule has 2 unspecified atom stereocenters. The van der Waals surface area contributed by atoms with Crippen LogP contribution in [0.2, 0.25) is 0 Å². The number of ether oxygens (including phenoxy) is 1. The fourth-order valence-electron chi connectivity index (χ4n) is 2.91. The number of nitrogens with two attached hydrogens (primary N) is 1. The number of hydrogen-bond acceptors (Lipinski definition) is 4. The smallest absolute Gasteiger partial charge is 0.340 e. The molecule has 0 saturated heterocycles. The van der Waals surface area contributed by atoms with Crippen molar-refractivity contribution in [1.29, 1.82) is 0 Å². The Labute approximate surface area is 113 Å². The molecule has 0 spiro atoms. The number of aromatic hydroxyl groups is 1. The Bertz CT molecular complexity index is 462. The standard InChI is InChI=1S/C15H21NO3/c1-9-5-10(2)7-12(6-9)19-15(18)13-8-11(17)3-4-14(13)16/h3-4,8-10,12,17H,5-7,16H2,1-2H3. The van der Waals surface area contributed by atoms with Crippen LogP contribution in [0.25, 0.3) is 0 Å². The maximum absolute atomic E-state index is 12.1. The quantitative estimate of drug-likeness (QED) is 0.489. The predicted octanol–water partition coefficient (Wildman–Crippen LogP) is 2.96. The van der Waals surface area contributed by atoms with Gasteiger partial charge in [0, 0.05) is 5.69 Å². The molecule has 1 saturated carbocycles. The van der Waals surface area contributed by atoms with Crippen LogP contribution in [0.15, 0.2) is 18.2 Å². The molecule has 4 nitrogen and oxygen atoms in total. The van der Waals surface area contributed by atoms with Crippen molar-refractivity contribution in [1.82, 2.24) is 0 Å². The molecule has 0 aliphatic heterocycles. The van der Waals surface area contributed by atoms with Gasteiger partial charge in [-0.25, -0.2) is 4.79 Å². The average Bonchev–Trinajstić information content (AvgIpc) is 2.30. The lowest BCUT2D eigenvalue weighted by Crippen LogP contribution is -2.28. The molecule has 0 radical (unpaired) electrons. The van der Waals surface area contributed by atoms with Crippen LogP contribution in [0.3, 0.4) is 0 Å². The van der Waals surface area contributed by atoms with E-state index in [4.69, 9.17) is 10.5 Å². The highest BCUT2D eigenvalue weighted by atomic mass is 16.5. The summed E-state index contributed by atoms with van der Waals surface area (Å²) < 4.78 is 5.52. The highest BCUT2D eigenvalue weighted by Crippen LogP contribution is 2.31. The second kappa shape index (κ2) is 5.51. The van der Waals surface area contributed by atoms with Gasteiger partial charge in [0.2, 0.25) is 0 Å². The van der Waals surface area contributed by atoms with Gasteiger partial charge >= 0.3 is 5.97 Å². The number of anilines is 1. The van der Waals surface area contributed by atoms with Crippen molar-refractivity contribution >= 4 is 11.7 Å². The molecule has 0 bridgehead atoms. The van der Waals surface area contributed by atoms with Gasteiger partial charge in [-0.1, -0.05) is 13.8 Å². The van der Waals surface area contributed by atoms with Crippen LogP contribution in [0.1, 0.15) is 43.5 Å². The minimum absolute atomic E-state index is 0.0199. The molecule has 0 aromatic heterocycles. The third kappa shape index (κ3) is 3.40. The molecule has 2 rings (SSSR count). The SMILES string of the molecule is CC1CC(C)CC(OC(=O)c2cc(O)ccc2N)C1. The van der Waals surface area contributed by atoms with E-state index in [9.17, 15) is 9.90 Å². The third-order valence-corrected chi connectivity index (χ3v) is 3.67. The number of esters is 1. The van der Waals surface area contributed by atoms with E-state index < -0.39 is 5.97 Å². The van der Waals surface area contributed by atoms with Gasteiger partial charge in [0.05, 0.1) is 5.56 Å².